The van der Waals surface area contributed by atoms with Gasteiger partial charge in [0.05, 0.1) is 11.9 Å². The van der Waals surface area contributed by atoms with E-state index in [1.165, 1.54) is 0 Å². The molecule has 1 heterocycles. The number of anilines is 1. The zero-order valence-corrected chi connectivity index (χ0v) is 10.8. The summed E-state index contributed by atoms with van der Waals surface area (Å²) in [5.74, 6) is -0.456. The fourth-order valence-corrected chi connectivity index (χ4v) is 1.78. The van der Waals surface area contributed by atoms with Crippen LogP contribution >= 0.6 is 0 Å². The first-order valence-electron chi connectivity index (χ1n) is 6.27. The lowest BCUT2D eigenvalue weighted by atomic mass is 10.1. The molecule has 1 aromatic heterocycles. The van der Waals surface area contributed by atoms with Gasteiger partial charge in [0.2, 0.25) is 0 Å². The molecule has 1 aromatic carbocycles. The van der Waals surface area contributed by atoms with Crippen molar-refractivity contribution in [2.75, 3.05) is 5.32 Å². The molecule has 1 unspecified atom stereocenters. The molecule has 5 nitrogen and oxygen atoms in total. The minimum absolute atomic E-state index is 0.456. The Labute approximate surface area is 111 Å². The van der Waals surface area contributed by atoms with E-state index in [1.807, 2.05) is 6.07 Å². The molecule has 1 atom stereocenters. The third-order valence-corrected chi connectivity index (χ3v) is 2.72. The molecule has 0 radical (unpaired) electrons. The lowest BCUT2D eigenvalue weighted by Crippen LogP contribution is -2.20. The van der Waals surface area contributed by atoms with Gasteiger partial charge in [-0.1, -0.05) is 37.3 Å². The second-order valence-corrected chi connectivity index (χ2v) is 4.29. The van der Waals surface area contributed by atoms with Gasteiger partial charge in [0.1, 0.15) is 0 Å². The summed E-state index contributed by atoms with van der Waals surface area (Å²) in [6, 6.07) is 8.83. The lowest BCUT2D eigenvalue weighted by molar-refractivity contribution is -0.124. The van der Waals surface area contributed by atoms with Gasteiger partial charge in [0, 0.05) is 12.7 Å². The van der Waals surface area contributed by atoms with E-state index < -0.39 is 12.0 Å². The molecule has 0 aliphatic heterocycles. The third kappa shape index (κ3) is 3.42. The van der Waals surface area contributed by atoms with Crippen molar-refractivity contribution in [1.82, 2.24) is 9.78 Å². The van der Waals surface area contributed by atoms with Crippen LogP contribution in [0.15, 0.2) is 42.7 Å². The zero-order valence-electron chi connectivity index (χ0n) is 10.8. The van der Waals surface area contributed by atoms with Crippen molar-refractivity contribution in [2.45, 2.75) is 26.0 Å². The normalized spacial score (nSPS) is 12.1. The number of hydrogen-bond acceptors (Lipinski definition) is 3. The van der Waals surface area contributed by atoms with Gasteiger partial charge in [-0.2, -0.15) is 5.10 Å². The predicted molar refractivity (Wildman–Crippen MR) is 72.5 cm³/mol. The summed E-state index contributed by atoms with van der Waals surface area (Å²) in [4.78, 5) is 11.9. The minimum Gasteiger partial charge on any atom is -0.378 e. The number of aliphatic hydroxyl groups is 1. The lowest BCUT2D eigenvalue weighted by Gasteiger charge is -2.10. The van der Waals surface area contributed by atoms with Gasteiger partial charge in [-0.25, -0.2) is 0 Å². The summed E-state index contributed by atoms with van der Waals surface area (Å²) in [5.41, 5.74) is 1.16. The van der Waals surface area contributed by atoms with Gasteiger partial charge in [0.15, 0.2) is 6.10 Å². The van der Waals surface area contributed by atoms with E-state index in [0.717, 1.165) is 13.0 Å². The largest absolute Gasteiger partial charge is 0.378 e. The molecule has 0 aliphatic carbocycles. The molecule has 2 aromatic rings. The SMILES string of the molecule is CCCn1cc(NC(=O)C(O)c2ccccc2)cn1. The summed E-state index contributed by atoms with van der Waals surface area (Å²) in [7, 11) is 0. The maximum absolute atomic E-state index is 11.9. The summed E-state index contributed by atoms with van der Waals surface area (Å²) >= 11 is 0. The molecule has 0 spiro atoms. The second-order valence-electron chi connectivity index (χ2n) is 4.29. The first-order valence-corrected chi connectivity index (χ1v) is 6.27. The van der Waals surface area contributed by atoms with E-state index in [0.29, 0.717) is 11.3 Å². The highest BCUT2D eigenvalue weighted by Crippen LogP contribution is 2.15. The monoisotopic (exact) mass is 259 g/mol. The van der Waals surface area contributed by atoms with Crippen molar-refractivity contribution in [1.29, 1.82) is 0 Å². The Morgan fingerprint density at radius 2 is 2.16 bits per heavy atom. The molecule has 19 heavy (non-hydrogen) atoms. The summed E-state index contributed by atoms with van der Waals surface area (Å²) < 4.78 is 1.75. The van der Waals surface area contributed by atoms with Crippen molar-refractivity contribution < 1.29 is 9.90 Å². The van der Waals surface area contributed by atoms with E-state index in [2.05, 4.69) is 17.3 Å². The molecule has 0 saturated heterocycles. The predicted octanol–water partition coefficient (Wildman–Crippen LogP) is 1.97. The summed E-state index contributed by atoms with van der Waals surface area (Å²) in [5, 5.41) is 16.7. The highest BCUT2D eigenvalue weighted by Gasteiger charge is 2.17. The number of rotatable bonds is 5. The molecule has 0 fully saturated rings. The van der Waals surface area contributed by atoms with E-state index in [4.69, 9.17) is 0 Å². The van der Waals surface area contributed by atoms with Crippen LogP contribution in [0, 0.1) is 0 Å². The van der Waals surface area contributed by atoms with Crippen molar-refractivity contribution in [2.24, 2.45) is 0 Å². The highest BCUT2D eigenvalue weighted by atomic mass is 16.3. The van der Waals surface area contributed by atoms with Crippen molar-refractivity contribution in [3.63, 3.8) is 0 Å². The van der Waals surface area contributed by atoms with Gasteiger partial charge in [0.25, 0.3) is 5.91 Å². The maximum Gasteiger partial charge on any atom is 0.257 e. The van der Waals surface area contributed by atoms with Crippen LogP contribution in [-0.2, 0) is 11.3 Å². The van der Waals surface area contributed by atoms with Crippen LogP contribution < -0.4 is 5.32 Å². The summed E-state index contributed by atoms with van der Waals surface area (Å²) in [6.45, 7) is 2.86. The van der Waals surface area contributed by atoms with Gasteiger partial charge in [-0.3, -0.25) is 9.48 Å². The smallest absolute Gasteiger partial charge is 0.257 e. The Kier molecular flexibility index (Phi) is 4.30. The van der Waals surface area contributed by atoms with Crippen LogP contribution in [0.25, 0.3) is 0 Å². The Hall–Kier alpha value is -2.14. The topological polar surface area (TPSA) is 67.2 Å². The van der Waals surface area contributed by atoms with E-state index in [9.17, 15) is 9.90 Å². The molecule has 0 aliphatic rings. The van der Waals surface area contributed by atoms with Crippen LogP contribution in [0.4, 0.5) is 5.69 Å². The molecular weight excluding hydrogens is 242 g/mol. The molecule has 2 N–H and O–H groups in total. The molecule has 2 rings (SSSR count). The van der Waals surface area contributed by atoms with Crippen LogP contribution in [0.2, 0.25) is 0 Å². The Bertz CT molecular complexity index is 537. The van der Waals surface area contributed by atoms with Crippen molar-refractivity contribution in [3.05, 3.63) is 48.3 Å². The molecular formula is C14H17N3O2. The molecule has 5 heteroatoms. The van der Waals surface area contributed by atoms with Crippen LogP contribution in [-0.4, -0.2) is 20.8 Å². The maximum atomic E-state index is 11.9. The number of aromatic nitrogens is 2. The van der Waals surface area contributed by atoms with Crippen LogP contribution in [0.5, 0.6) is 0 Å². The first-order chi connectivity index (χ1) is 9.20. The average molecular weight is 259 g/mol. The second kappa shape index (κ2) is 6.15. The van der Waals surface area contributed by atoms with Crippen LogP contribution in [0.1, 0.15) is 25.0 Å². The van der Waals surface area contributed by atoms with Crippen molar-refractivity contribution >= 4 is 11.6 Å². The standard InChI is InChI=1S/C14H17N3O2/c1-2-8-17-10-12(9-15-17)16-14(19)13(18)11-6-4-3-5-7-11/h3-7,9-10,13,18H,2,8H2,1H3,(H,16,19). The van der Waals surface area contributed by atoms with E-state index in [1.54, 1.807) is 41.3 Å². The van der Waals surface area contributed by atoms with Gasteiger partial charge >= 0.3 is 0 Å². The number of aliphatic hydroxyl groups excluding tert-OH is 1. The number of carbonyl (C=O) groups is 1. The average Bonchev–Trinajstić information content (AvgIpc) is 2.86. The number of nitrogens with one attached hydrogen (secondary N) is 1. The van der Waals surface area contributed by atoms with Crippen molar-refractivity contribution in [3.8, 4) is 0 Å². The molecule has 0 saturated carbocycles. The minimum atomic E-state index is -1.17. The van der Waals surface area contributed by atoms with Gasteiger partial charge in [-0.15, -0.1) is 0 Å². The molecule has 100 valence electrons. The van der Waals surface area contributed by atoms with Gasteiger partial charge in [-0.05, 0) is 12.0 Å². The molecule has 0 bridgehead atoms. The third-order valence-electron chi connectivity index (χ3n) is 2.72. The number of benzene rings is 1. The number of hydrogen-bond donors (Lipinski definition) is 2. The number of carbonyl (C=O) groups excluding carboxylic acids is 1. The Morgan fingerprint density at radius 1 is 1.42 bits per heavy atom. The van der Waals surface area contributed by atoms with E-state index in [-0.39, 0.29) is 0 Å². The number of nitrogens with zero attached hydrogens (tertiary/aromatic N) is 2. The number of amides is 1. The number of aryl methyl sites for hydroxylation is 1. The fraction of sp³-hybridized carbons (Fsp3) is 0.286. The quantitative estimate of drug-likeness (QED) is 0.862. The zero-order chi connectivity index (χ0) is 13.7. The first kappa shape index (κ1) is 13.3. The Morgan fingerprint density at radius 3 is 2.84 bits per heavy atom. The summed E-state index contributed by atoms with van der Waals surface area (Å²) in [6.07, 6.45) is 3.13. The molecule has 1 amide bonds. The Balaban J connectivity index is 2.00. The fourth-order valence-electron chi connectivity index (χ4n) is 1.78. The highest BCUT2D eigenvalue weighted by molar-refractivity contribution is 5.94. The van der Waals surface area contributed by atoms with E-state index >= 15 is 0 Å². The van der Waals surface area contributed by atoms with Gasteiger partial charge < -0.3 is 10.4 Å². The van der Waals surface area contributed by atoms with Crippen LogP contribution in [0.3, 0.4) is 0 Å².